The second kappa shape index (κ2) is 7.46. The number of hydrogen-bond acceptors (Lipinski definition) is 2. The molecule has 4 nitrogen and oxygen atoms in total. The van der Waals surface area contributed by atoms with E-state index in [1.807, 2.05) is 25.1 Å². The molecule has 0 spiro atoms. The van der Waals surface area contributed by atoms with Crippen molar-refractivity contribution in [3.05, 3.63) is 63.6 Å². The van der Waals surface area contributed by atoms with Crippen molar-refractivity contribution in [1.29, 1.82) is 0 Å². The Bertz CT molecular complexity index is 823. The molecule has 1 aliphatic rings. The van der Waals surface area contributed by atoms with Crippen LogP contribution in [-0.4, -0.2) is 23.3 Å². The van der Waals surface area contributed by atoms with Crippen LogP contribution in [0.3, 0.4) is 0 Å². The summed E-state index contributed by atoms with van der Waals surface area (Å²) in [5.74, 6) is -0.557. The fraction of sp³-hybridized carbons (Fsp3) is 0.263. The maximum Gasteiger partial charge on any atom is 0.229 e. The zero-order valence-corrected chi connectivity index (χ0v) is 15.3. The molecule has 1 saturated heterocycles. The van der Waals surface area contributed by atoms with Crippen molar-refractivity contribution in [2.24, 2.45) is 5.92 Å². The molecule has 2 aromatic carbocycles. The van der Waals surface area contributed by atoms with E-state index in [1.54, 1.807) is 29.2 Å². The number of benzene rings is 2. The summed E-state index contributed by atoms with van der Waals surface area (Å²) in [6, 6.07) is 12.7. The molecule has 130 valence electrons. The zero-order valence-electron chi connectivity index (χ0n) is 13.8. The maximum absolute atomic E-state index is 12.5. The summed E-state index contributed by atoms with van der Waals surface area (Å²) in [6.07, 6.45) is 0.211. The van der Waals surface area contributed by atoms with E-state index in [4.69, 9.17) is 23.2 Å². The van der Waals surface area contributed by atoms with Crippen molar-refractivity contribution in [3.8, 4) is 0 Å². The molecule has 6 heteroatoms. The topological polar surface area (TPSA) is 49.4 Å². The molecular weight excluding hydrogens is 359 g/mol. The Hall–Kier alpha value is -2.04. The minimum absolute atomic E-state index is 0.0344. The first kappa shape index (κ1) is 17.8. The first-order valence-corrected chi connectivity index (χ1v) is 8.78. The van der Waals surface area contributed by atoms with Crippen molar-refractivity contribution in [2.45, 2.75) is 19.9 Å². The number of nitrogens with one attached hydrogen (secondary N) is 1. The van der Waals surface area contributed by atoms with Crippen LogP contribution in [0.2, 0.25) is 10.0 Å². The van der Waals surface area contributed by atoms with Crippen molar-refractivity contribution >= 4 is 40.7 Å². The molecule has 1 fully saturated rings. The third-order valence-corrected chi connectivity index (χ3v) is 4.95. The highest BCUT2D eigenvalue weighted by atomic mass is 35.5. The SMILES string of the molecule is Cc1cc(Cl)ccc1NC(=O)[C@@H]1CC(=O)N(Cc2ccccc2Cl)C1. The number of anilines is 1. The summed E-state index contributed by atoms with van der Waals surface area (Å²) in [4.78, 5) is 26.4. The number of carbonyl (C=O) groups excluding carboxylic acids is 2. The average Bonchev–Trinajstić information content (AvgIpc) is 2.93. The van der Waals surface area contributed by atoms with Crippen molar-refractivity contribution in [2.75, 3.05) is 11.9 Å². The normalized spacial score (nSPS) is 17.0. The molecule has 1 atom stereocenters. The van der Waals surface area contributed by atoms with Crippen LogP contribution in [0.1, 0.15) is 17.5 Å². The second-order valence-corrected chi connectivity index (χ2v) is 7.06. The number of halogens is 2. The highest BCUT2D eigenvalue weighted by Gasteiger charge is 2.34. The van der Waals surface area contributed by atoms with Gasteiger partial charge in [-0.25, -0.2) is 0 Å². The van der Waals surface area contributed by atoms with Crippen molar-refractivity contribution < 1.29 is 9.59 Å². The van der Waals surface area contributed by atoms with E-state index < -0.39 is 0 Å². The number of amides is 2. The van der Waals surface area contributed by atoms with Gasteiger partial charge in [0.05, 0.1) is 5.92 Å². The van der Waals surface area contributed by atoms with Gasteiger partial charge in [-0.3, -0.25) is 9.59 Å². The maximum atomic E-state index is 12.5. The van der Waals surface area contributed by atoms with Gasteiger partial charge in [-0.15, -0.1) is 0 Å². The minimum Gasteiger partial charge on any atom is -0.337 e. The van der Waals surface area contributed by atoms with Crippen LogP contribution in [0.15, 0.2) is 42.5 Å². The third kappa shape index (κ3) is 4.14. The van der Waals surface area contributed by atoms with Gasteiger partial charge in [0.2, 0.25) is 11.8 Å². The van der Waals surface area contributed by atoms with Crippen LogP contribution in [-0.2, 0) is 16.1 Å². The Morgan fingerprint density at radius 3 is 2.72 bits per heavy atom. The molecule has 1 heterocycles. The fourth-order valence-corrected chi connectivity index (χ4v) is 3.36. The number of hydrogen-bond donors (Lipinski definition) is 1. The molecule has 0 unspecified atom stereocenters. The lowest BCUT2D eigenvalue weighted by molar-refractivity contribution is -0.128. The van der Waals surface area contributed by atoms with Gasteiger partial charge in [0.1, 0.15) is 0 Å². The fourth-order valence-electron chi connectivity index (χ4n) is 2.93. The zero-order chi connectivity index (χ0) is 18.0. The molecule has 0 aromatic heterocycles. The molecule has 0 saturated carbocycles. The van der Waals surface area contributed by atoms with E-state index in [9.17, 15) is 9.59 Å². The number of nitrogens with zero attached hydrogens (tertiary/aromatic N) is 1. The summed E-state index contributed by atoms with van der Waals surface area (Å²) >= 11 is 12.1. The van der Waals surface area contributed by atoms with Crippen LogP contribution in [0.5, 0.6) is 0 Å². The van der Waals surface area contributed by atoms with Gasteiger partial charge < -0.3 is 10.2 Å². The van der Waals surface area contributed by atoms with Gasteiger partial charge in [-0.1, -0.05) is 41.4 Å². The van der Waals surface area contributed by atoms with E-state index >= 15 is 0 Å². The van der Waals surface area contributed by atoms with E-state index in [2.05, 4.69) is 5.32 Å². The smallest absolute Gasteiger partial charge is 0.229 e. The molecule has 1 aliphatic heterocycles. The molecule has 0 radical (unpaired) electrons. The van der Waals surface area contributed by atoms with Crippen LogP contribution < -0.4 is 5.32 Å². The molecule has 25 heavy (non-hydrogen) atoms. The Morgan fingerprint density at radius 2 is 2.00 bits per heavy atom. The number of likely N-dealkylation sites (tertiary alicyclic amines) is 1. The van der Waals surface area contributed by atoms with Crippen molar-refractivity contribution in [1.82, 2.24) is 4.90 Å². The monoisotopic (exact) mass is 376 g/mol. The van der Waals surface area contributed by atoms with Crippen LogP contribution in [0.25, 0.3) is 0 Å². The number of carbonyl (C=O) groups is 2. The number of aryl methyl sites for hydroxylation is 1. The molecule has 2 aromatic rings. The molecule has 0 bridgehead atoms. The lowest BCUT2D eigenvalue weighted by Crippen LogP contribution is -2.28. The Balaban J connectivity index is 1.65. The average molecular weight is 377 g/mol. The largest absolute Gasteiger partial charge is 0.337 e. The molecule has 2 amide bonds. The molecule has 0 aliphatic carbocycles. The van der Waals surface area contributed by atoms with E-state index in [0.29, 0.717) is 28.8 Å². The van der Waals surface area contributed by atoms with E-state index in [0.717, 1.165) is 11.1 Å². The van der Waals surface area contributed by atoms with Gasteiger partial charge in [0.15, 0.2) is 0 Å². The van der Waals surface area contributed by atoms with E-state index in [-0.39, 0.29) is 24.2 Å². The number of rotatable bonds is 4. The Kier molecular flexibility index (Phi) is 5.30. The van der Waals surface area contributed by atoms with Crippen LogP contribution >= 0.6 is 23.2 Å². The third-order valence-electron chi connectivity index (χ3n) is 4.35. The summed E-state index contributed by atoms with van der Waals surface area (Å²) in [5, 5.41) is 4.14. The second-order valence-electron chi connectivity index (χ2n) is 6.22. The first-order chi connectivity index (χ1) is 11.9. The highest BCUT2D eigenvalue weighted by Crippen LogP contribution is 2.26. The predicted molar refractivity (Wildman–Crippen MR) is 99.8 cm³/mol. The lowest BCUT2D eigenvalue weighted by atomic mass is 10.1. The van der Waals surface area contributed by atoms with Crippen LogP contribution in [0, 0.1) is 12.8 Å². The molecular formula is C19H18Cl2N2O2. The molecule has 3 rings (SSSR count). The van der Waals surface area contributed by atoms with Gasteiger partial charge in [-0.05, 0) is 42.3 Å². The predicted octanol–water partition coefficient (Wildman–Crippen LogP) is 4.29. The van der Waals surface area contributed by atoms with Crippen LogP contribution in [0.4, 0.5) is 5.69 Å². The highest BCUT2D eigenvalue weighted by molar-refractivity contribution is 6.31. The quantitative estimate of drug-likeness (QED) is 0.864. The molecule has 1 N–H and O–H groups in total. The standard InChI is InChI=1S/C19H18Cl2N2O2/c1-12-8-15(20)6-7-17(12)22-19(25)14-9-18(24)23(11-14)10-13-4-2-3-5-16(13)21/h2-8,14H,9-11H2,1H3,(H,22,25)/t14-/m1/s1. The minimum atomic E-state index is -0.370. The van der Waals surface area contributed by atoms with Gasteiger partial charge in [-0.2, -0.15) is 0 Å². The van der Waals surface area contributed by atoms with Gasteiger partial charge in [0.25, 0.3) is 0 Å². The summed E-state index contributed by atoms with van der Waals surface area (Å²) in [7, 11) is 0. The summed E-state index contributed by atoms with van der Waals surface area (Å²) in [5.41, 5.74) is 2.48. The Labute approximate surface area is 156 Å². The van der Waals surface area contributed by atoms with Gasteiger partial charge >= 0.3 is 0 Å². The van der Waals surface area contributed by atoms with Crippen molar-refractivity contribution in [3.63, 3.8) is 0 Å². The Morgan fingerprint density at radius 1 is 1.24 bits per heavy atom. The lowest BCUT2D eigenvalue weighted by Gasteiger charge is -2.17. The first-order valence-electron chi connectivity index (χ1n) is 8.02. The van der Waals surface area contributed by atoms with E-state index in [1.165, 1.54) is 0 Å². The summed E-state index contributed by atoms with van der Waals surface area (Å²) < 4.78 is 0. The van der Waals surface area contributed by atoms with Gasteiger partial charge in [0, 0.05) is 35.2 Å². The summed E-state index contributed by atoms with van der Waals surface area (Å²) in [6.45, 7) is 2.69.